The number of ether oxygens (including phenoxy) is 1. The molecule has 1 fully saturated rings. The predicted octanol–water partition coefficient (Wildman–Crippen LogP) is 1.78. The molecule has 0 aliphatic carbocycles. The Balaban J connectivity index is 0.000000371. The quantitative estimate of drug-likeness (QED) is 0.564. The first kappa shape index (κ1) is 9.92. The molecule has 2 nitrogen and oxygen atoms in total. The zero-order valence-electron chi connectivity index (χ0n) is 7.13. The van der Waals surface area contributed by atoms with E-state index in [-0.39, 0.29) is 0 Å². The molecule has 0 aromatic rings. The van der Waals surface area contributed by atoms with Crippen molar-refractivity contribution in [1.82, 2.24) is 0 Å². The Morgan fingerprint density at radius 3 is 2.30 bits per heavy atom. The smallest absolute Gasteiger partial charge is 0.157 e. The molecule has 1 N–H and O–H groups in total. The monoisotopic (exact) mass is 146 g/mol. The van der Waals surface area contributed by atoms with Gasteiger partial charge in [0.05, 0.1) is 0 Å². The predicted molar refractivity (Wildman–Crippen MR) is 41.7 cm³/mol. The molecular weight excluding hydrogens is 128 g/mol. The molecule has 1 saturated heterocycles. The number of hydrogen-bond donors (Lipinski definition) is 1. The molecule has 2 atom stereocenters. The van der Waals surface area contributed by atoms with Crippen LogP contribution in [0.5, 0.6) is 0 Å². The van der Waals surface area contributed by atoms with Crippen molar-refractivity contribution in [3.63, 3.8) is 0 Å². The molecule has 0 aromatic carbocycles. The summed E-state index contributed by atoms with van der Waals surface area (Å²) in [6.45, 7) is 6.73. The van der Waals surface area contributed by atoms with Crippen LogP contribution in [0.4, 0.5) is 0 Å². The Bertz CT molecular complexity index is 63.7. The molecule has 2 unspecified atom stereocenters. The van der Waals surface area contributed by atoms with Crippen molar-refractivity contribution in [3.05, 3.63) is 0 Å². The topological polar surface area (TPSA) is 29.5 Å². The molecule has 1 aliphatic rings. The Kier molecular flexibility index (Phi) is 5.64. The van der Waals surface area contributed by atoms with Crippen LogP contribution in [0.25, 0.3) is 0 Å². The summed E-state index contributed by atoms with van der Waals surface area (Å²) in [6.07, 6.45) is 1.70. The maximum absolute atomic E-state index is 8.96. The maximum atomic E-state index is 8.96. The standard InChI is InChI=1S/C6H12O2.C2H6/c1-5-3-2-4-8-6(5)7;1-2/h5-7H,2-4H2,1H3;1-2H3. The summed E-state index contributed by atoms with van der Waals surface area (Å²) in [6, 6.07) is 0. The summed E-state index contributed by atoms with van der Waals surface area (Å²) < 4.78 is 4.95. The van der Waals surface area contributed by atoms with Crippen LogP contribution in [-0.2, 0) is 4.74 Å². The highest BCUT2D eigenvalue weighted by atomic mass is 16.6. The van der Waals surface area contributed by atoms with Gasteiger partial charge in [-0.05, 0) is 12.8 Å². The molecule has 1 rings (SSSR count). The third kappa shape index (κ3) is 3.18. The fraction of sp³-hybridized carbons (Fsp3) is 1.00. The largest absolute Gasteiger partial charge is 0.368 e. The van der Waals surface area contributed by atoms with Gasteiger partial charge in [0, 0.05) is 12.5 Å². The Morgan fingerprint density at radius 2 is 2.00 bits per heavy atom. The van der Waals surface area contributed by atoms with Crippen molar-refractivity contribution < 1.29 is 9.84 Å². The third-order valence-corrected chi connectivity index (χ3v) is 1.58. The fourth-order valence-corrected chi connectivity index (χ4v) is 0.916. The normalized spacial score (nSPS) is 32.4. The lowest BCUT2D eigenvalue weighted by molar-refractivity contribution is -0.153. The lowest BCUT2D eigenvalue weighted by Gasteiger charge is -2.23. The molecule has 0 spiro atoms. The van der Waals surface area contributed by atoms with E-state index in [2.05, 4.69) is 0 Å². The van der Waals surface area contributed by atoms with Crippen molar-refractivity contribution >= 4 is 0 Å². The van der Waals surface area contributed by atoms with E-state index in [0.29, 0.717) is 5.92 Å². The van der Waals surface area contributed by atoms with E-state index >= 15 is 0 Å². The number of aliphatic hydroxyl groups is 1. The average molecular weight is 146 g/mol. The van der Waals surface area contributed by atoms with E-state index in [0.717, 1.165) is 19.4 Å². The molecule has 0 saturated carbocycles. The molecule has 0 radical (unpaired) electrons. The zero-order valence-corrected chi connectivity index (χ0v) is 7.13. The van der Waals surface area contributed by atoms with Gasteiger partial charge in [0.2, 0.25) is 0 Å². The molecule has 2 heteroatoms. The first-order valence-electron chi connectivity index (χ1n) is 4.10. The van der Waals surface area contributed by atoms with Crippen LogP contribution >= 0.6 is 0 Å². The van der Waals surface area contributed by atoms with Gasteiger partial charge in [-0.2, -0.15) is 0 Å². The number of aliphatic hydroxyl groups excluding tert-OH is 1. The van der Waals surface area contributed by atoms with Gasteiger partial charge in [0.1, 0.15) is 0 Å². The minimum atomic E-state index is -0.497. The molecule has 10 heavy (non-hydrogen) atoms. The highest BCUT2D eigenvalue weighted by Crippen LogP contribution is 2.17. The summed E-state index contributed by atoms with van der Waals surface area (Å²) in [4.78, 5) is 0. The van der Waals surface area contributed by atoms with Crippen LogP contribution in [0.2, 0.25) is 0 Å². The number of hydrogen-bond acceptors (Lipinski definition) is 2. The van der Waals surface area contributed by atoms with Crippen LogP contribution < -0.4 is 0 Å². The van der Waals surface area contributed by atoms with Crippen LogP contribution in [0.3, 0.4) is 0 Å². The van der Waals surface area contributed by atoms with Gasteiger partial charge in [0.25, 0.3) is 0 Å². The maximum Gasteiger partial charge on any atom is 0.157 e. The van der Waals surface area contributed by atoms with Gasteiger partial charge in [-0.25, -0.2) is 0 Å². The van der Waals surface area contributed by atoms with Gasteiger partial charge < -0.3 is 9.84 Å². The Morgan fingerprint density at radius 1 is 1.40 bits per heavy atom. The van der Waals surface area contributed by atoms with E-state index in [1.54, 1.807) is 0 Å². The van der Waals surface area contributed by atoms with E-state index in [1.807, 2.05) is 20.8 Å². The SMILES string of the molecule is CC.CC1CCCOC1O. The van der Waals surface area contributed by atoms with E-state index < -0.39 is 6.29 Å². The van der Waals surface area contributed by atoms with Crippen molar-refractivity contribution in [1.29, 1.82) is 0 Å². The van der Waals surface area contributed by atoms with Crippen molar-refractivity contribution in [2.45, 2.75) is 39.9 Å². The highest BCUT2D eigenvalue weighted by molar-refractivity contribution is 4.60. The van der Waals surface area contributed by atoms with Gasteiger partial charge in [0.15, 0.2) is 6.29 Å². The van der Waals surface area contributed by atoms with Gasteiger partial charge in [-0.3, -0.25) is 0 Å². The second-order valence-corrected chi connectivity index (χ2v) is 2.38. The molecule has 0 bridgehead atoms. The van der Waals surface area contributed by atoms with Crippen molar-refractivity contribution in [2.75, 3.05) is 6.61 Å². The lowest BCUT2D eigenvalue weighted by atomic mass is 10.0. The minimum Gasteiger partial charge on any atom is -0.368 e. The summed E-state index contributed by atoms with van der Waals surface area (Å²) in [5, 5.41) is 8.96. The summed E-state index contributed by atoms with van der Waals surface area (Å²) in [7, 11) is 0. The molecule has 0 amide bonds. The van der Waals surface area contributed by atoms with Gasteiger partial charge in [-0.1, -0.05) is 20.8 Å². The minimum absolute atomic E-state index is 0.337. The van der Waals surface area contributed by atoms with Crippen molar-refractivity contribution in [3.8, 4) is 0 Å². The Hall–Kier alpha value is -0.0800. The van der Waals surface area contributed by atoms with E-state index in [4.69, 9.17) is 9.84 Å². The summed E-state index contributed by atoms with van der Waals surface area (Å²) >= 11 is 0. The van der Waals surface area contributed by atoms with Gasteiger partial charge >= 0.3 is 0 Å². The van der Waals surface area contributed by atoms with Crippen LogP contribution in [0.15, 0.2) is 0 Å². The second kappa shape index (κ2) is 5.69. The van der Waals surface area contributed by atoms with Crippen LogP contribution in [0, 0.1) is 5.92 Å². The molecule has 1 aliphatic heterocycles. The average Bonchev–Trinajstić information content (AvgIpc) is 2.00. The second-order valence-electron chi connectivity index (χ2n) is 2.38. The molecule has 62 valence electrons. The highest BCUT2D eigenvalue weighted by Gasteiger charge is 2.18. The van der Waals surface area contributed by atoms with Gasteiger partial charge in [-0.15, -0.1) is 0 Å². The first-order chi connectivity index (χ1) is 4.80. The number of rotatable bonds is 0. The Labute approximate surface area is 63.2 Å². The third-order valence-electron chi connectivity index (χ3n) is 1.58. The zero-order chi connectivity index (χ0) is 7.98. The molecule has 0 aromatic heterocycles. The molecular formula is C8H18O2. The first-order valence-corrected chi connectivity index (χ1v) is 4.10. The summed E-state index contributed by atoms with van der Waals surface area (Å²) in [5.41, 5.74) is 0. The van der Waals surface area contributed by atoms with E-state index in [1.165, 1.54) is 0 Å². The van der Waals surface area contributed by atoms with Crippen molar-refractivity contribution in [2.24, 2.45) is 5.92 Å². The van der Waals surface area contributed by atoms with Crippen LogP contribution in [0.1, 0.15) is 33.6 Å². The lowest BCUT2D eigenvalue weighted by Crippen LogP contribution is -2.26. The van der Waals surface area contributed by atoms with E-state index in [9.17, 15) is 0 Å². The molecule has 1 heterocycles. The summed E-state index contributed by atoms with van der Waals surface area (Å²) in [5.74, 6) is 0.337. The fourth-order valence-electron chi connectivity index (χ4n) is 0.916. The van der Waals surface area contributed by atoms with Crippen LogP contribution in [-0.4, -0.2) is 18.0 Å².